The van der Waals surface area contributed by atoms with Crippen LogP contribution in [-0.2, 0) is 6.42 Å². The molecule has 1 unspecified atom stereocenters. The Hall–Kier alpha value is -1.71. The second kappa shape index (κ2) is 7.17. The van der Waals surface area contributed by atoms with Crippen molar-refractivity contribution in [3.63, 3.8) is 0 Å². The number of ether oxygens (including phenoxy) is 1. The molecule has 4 heteroatoms. The van der Waals surface area contributed by atoms with Gasteiger partial charge in [0.05, 0.1) is 7.11 Å². The number of benzene rings is 1. The van der Waals surface area contributed by atoms with Crippen LogP contribution in [-0.4, -0.2) is 37.7 Å². The number of carbonyl (C=O) groups is 1. The molecule has 1 aliphatic heterocycles. The van der Waals surface area contributed by atoms with Crippen LogP contribution < -0.4 is 10.1 Å². The predicted molar refractivity (Wildman–Crippen MR) is 80.1 cm³/mol. The highest BCUT2D eigenvalue weighted by molar-refractivity contribution is 5.74. The smallest absolute Gasteiger partial charge is 0.317 e. The molecular formula is C16H24N2O2. The SMILES string of the molecule is COc1cccc(CCNC(=O)N2CCCC(C)C2)c1. The van der Waals surface area contributed by atoms with E-state index >= 15 is 0 Å². The van der Waals surface area contributed by atoms with Gasteiger partial charge in [-0.2, -0.15) is 0 Å². The van der Waals surface area contributed by atoms with E-state index in [-0.39, 0.29) is 6.03 Å². The summed E-state index contributed by atoms with van der Waals surface area (Å²) in [5, 5.41) is 3.01. The van der Waals surface area contributed by atoms with Crippen LogP contribution >= 0.6 is 0 Å². The van der Waals surface area contributed by atoms with E-state index < -0.39 is 0 Å². The first-order valence-corrected chi connectivity index (χ1v) is 7.34. The highest BCUT2D eigenvalue weighted by Gasteiger charge is 2.20. The summed E-state index contributed by atoms with van der Waals surface area (Å²) in [4.78, 5) is 14.0. The number of hydrogen-bond acceptors (Lipinski definition) is 2. The number of nitrogens with zero attached hydrogens (tertiary/aromatic N) is 1. The normalized spacial score (nSPS) is 18.7. The van der Waals surface area contributed by atoms with Crippen molar-refractivity contribution in [3.05, 3.63) is 29.8 Å². The van der Waals surface area contributed by atoms with Gasteiger partial charge in [0.2, 0.25) is 0 Å². The minimum Gasteiger partial charge on any atom is -0.497 e. The Bertz CT molecular complexity index is 448. The molecule has 1 heterocycles. The monoisotopic (exact) mass is 276 g/mol. The summed E-state index contributed by atoms with van der Waals surface area (Å²) in [5.41, 5.74) is 1.18. The van der Waals surface area contributed by atoms with E-state index in [1.54, 1.807) is 7.11 Å². The fourth-order valence-corrected chi connectivity index (χ4v) is 2.63. The third-order valence-corrected chi connectivity index (χ3v) is 3.77. The zero-order valence-corrected chi connectivity index (χ0v) is 12.4. The van der Waals surface area contributed by atoms with Crippen LogP contribution in [0.5, 0.6) is 5.75 Å². The van der Waals surface area contributed by atoms with Gasteiger partial charge >= 0.3 is 6.03 Å². The Morgan fingerprint density at radius 3 is 3.10 bits per heavy atom. The number of urea groups is 1. The molecule has 2 rings (SSSR count). The minimum absolute atomic E-state index is 0.0689. The molecule has 1 aromatic rings. The highest BCUT2D eigenvalue weighted by Crippen LogP contribution is 2.15. The van der Waals surface area contributed by atoms with Crippen LogP contribution in [0.1, 0.15) is 25.3 Å². The fourth-order valence-electron chi connectivity index (χ4n) is 2.63. The van der Waals surface area contributed by atoms with Crippen LogP contribution in [0, 0.1) is 5.92 Å². The quantitative estimate of drug-likeness (QED) is 0.918. The lowest BCUT2D eigenvalue weighted by molar-refractivity contribution is 0.170. The van der Waals surface area contributed by atoms with Crippen molar-refractivity contribution in [1.82, 2.24) is 10.2 Å². The number of piperidine rings is 1. The summed E-state index contributed by atoms with van der Waals surface area (Å²) in [6.45, 7) is 4.63. The van der Waals surface area contributed by atoms with Gasteiger partial charge in [-0.3, -0.25) is 0 Å². The number of nitrogens with one attached hydrogen (secondary N) is 1. The lowest BCUT2D eigenvalue weighted by atomic mass is 10.0. The Morgan fingerprint density at radius 1 is 1.50 bits per heavy atom. The maximum atomic E-state index is 12.0. The van der Waals surface area contributed by atoms with E-state index in [2.05, 4.69) is 18.3 Å². The number of rotatable bonds is 4. The van der Waals surface area contributed by atoms with Crippen molar-refractivity contribution in [2.45, 2.75) is 26.2 Å². The second-order valence-corrected chi connectivity index (χ2v) is 5.53. The minimum atomic E-state index is 0.0689. The Balaban J connectivity index is 1.76. The second-order valence-electron chi connectivity index (χ2n) is 5.53. The van der Waals surface area contributed by atoms with Gasteiger partial charge in [-0.25, -0.2) is 4.79 Å². The van der Waals surface area contributed by atoms with Crippen molar-refractivity contribution in [2.24, 2.45) is 5.92 Å². The molecule has 0 bridgehead atoms. The molecule has 1 atom stereocenters. The Kier molecular flexibility index (Phi) is 5.27. The molecule has 0 aromatic heterocycles. The van der Waals surface area contributed by atoms with Crippen LogP contribution in [0.25, 0.3) is 0 Å². The molecule has 1 N–H and O–H groups in total. The van der Waals surface area contributed by atoms with E-state index in [4.69, 9.17) is 4.74 Å². The number of likely N-dealkylation sites (tertiary alicyclic amines) is 1. The molecule has 4 nitrogen and oxygen atoms in total. The largest absolute Gasteiger partial charge is 0.497 e. The average molecular weight is 276 g/mol. The standard InChI is InChI=1S/C16H24N2O2/c1-13-5-4-10-18(12-13)16(19)17-9-8-14-6-3-7-15(11-14)20-2/h3,6-7,11,13H,4-5,8-10,12H2,1-2H3,(H,17,19). The van der Waals surface area contributed by atoms with Crippen molar-refractivity contribution in [1.29, 1.82) is 0 Å². The van der Waals surface area contributed by atoms with Crippen LogP contribution in [0.3, 0.4) is 0 Å². The van der Waals surface area contributed by atoms with Gasteiger partial charge in [0.1, 0.15) is 5.75 Å². The first-order valence-electron chi connectivity index (χ1n) is 7.34. The molecule has 0 aliphatic carbocycles. The summed E-state index contributed by atoms with van der Waals surface area (Å²) in [6, 6.07) is 8.03. The molecule has 2 amide bonds. The summed E-state index contributed by atoms with van der Waals surface area (Å²) < 4.78 is 5.19. The van der Waals surface area contributed by atoms with Crippen LogP contribution in [0.4, 0.5) is 4.79 Å². The molecule has 1 aromatic carbocycles. The number of hydrogen-bond donors (Lipinski definition) is 1. The summed E-state index contributed by atoms with van der Waals surface area (Å²) in [7, 11) is 1.67. The number of methoxy groups -OCH3 is 1. The average Bonchev–Trinajstić information content (AvgIpc) is 2.47. The zero-order chi connectivity index (χ0) is 14.4. The Labute approximate surface area is 121 Å². The molecule has 20 heavy (non-hydrogen) atoms. The number of carbonyl (C=O) groups excluding carboxylic acids is 1. The summed E-state index contributed by atoms with van der Waals surface area (Å²) in [6.07, 6.45) is 3.17. The van der Waals surface area contributed by atoms with Gasteiger partial charge in [0.25, 0.3) is 0 Å². The molecule has 0 radical (unpaired) electrons. The van der Waals surface area contributed by atoms with Crippen LogP contribution in [0.15, 0.2) is 24.3 Å². The molecule has 0 spiro atoms. The van der Waals surface area contributed by atoms with E-state index in [1.807, 2.05) is 23.1 Å². The van der Waals surface area contributed by atoms with Gasteiger partial charge in [0.15, 0.2) is 0 Å². The van der Waals surface area contributed by atoms with Gasteiger partial charge in [-0.1, -0.05) is 19.1 Å². The third kappa shape index (κ3) is 4.15. The van der Waals surface area contributed by atoms with Gasteiger partial charge in [-0.15, -0.1) is 0 Å². The van der Waals surface area contributed by atoms with Gasteiger partial charge in [-0.05, 0) is 42.9 Å². The molecule has 0 saturated carbocycles. The van der Waals surface area contributed by atoms with Crippen LogP contribution in [0.2, 0.25) is 0 Å². The molecule has 1 fully saturated rings. The van der Waals surface area contributed by atoms with Crippen molar-refractivity contribution in [3.8, 4) is 5.75 Å². The van der Waals surface area contributed by atoms with Crippen molar-refractivity contribution < 1.29 is 9.53 Å². The lowest BCUT2D eigenvalue weighted by Gasteiger charge is -2.30. The summed E-state index contributed by atoms with van der Waals surface area (Å²) in [5.74, 6) is 1.48. The number of amides is 2. The van der Waals surface area contributed by atoms with E-state index in [0.717, 1.165) is 31.7 Å². The highest BCUT2D eigenvalue weighted by atomic mass is 16.5. The molecular weight excluding hydrogens is 252 g/mol. The first-order chi connectivity index (χ1) is 9.69. The molecule has 1 aliphatic rings. The van der Waals surface area contributed by atoms with E-state index in [9.17, 15) is 4.79 Å². The maximum absolute atomic E-state index is 12.0. The topological polar surface area (TPSA) is 41.6 Å². The van der Waals surface area contributed by atoms with E-state index in [1.165, 1.54) is 12.0 Å². The van der Waals surface area contributed by atoms with E-state index in [0.29, 0.717) is 12.5 Å². The predicted octanol–water partition coefficient (Wildman–Crippen LogP) is 2.68. The van der Waals surface area contributed by atoms with Crippen molar-refractivity contribution >= 4 is 6.03 Å². The Morgan fingerprint density at radius 2 is 2.35 bits per heavy atom. The summed E-state index contributed by atoms with van der Waals surface area (Å²) >= 11 is 0. The fraction of sp³-hybridized carbons (Fsp3) is 0.562. The van der Waals surface area contributed by atoms with Crippen molar-refractivity contribution in [2.75, 3.05) is 26.7 Å². The maximum Gasteiger partial charge on any atom is 0.317 e. The van der Waals surface area contributed by atoms with Gasteiger partial charge < -0.3 is 15.0 Å². The molecule has 110 valence electrons. The lowest BCUT2D eigenvalue weighted by Crippen LogP contribution is -2.45. The van der Waals surface area contributed by atoms with Gasteiger partial charge in [0, 0.05) is 19.6 Å². The molecule has 1 saturated heterocycles. The zero-order valence-electron chi connectivity index (χ0n) is 12.4. The first kappa shape index (κ1) is 14.7. The third-order valence-electron chi connectivity index (χ3n) is 3.77.